The molecule has 1 aromatic heterocycles. The number of carbonyl (C=O) groups excluding carboxylic acids is 2. The van der Waals surface area contributed by atoms with Crippen LogP contribution in [0.1, 0.15) is 40.2 Å². The number of benzene rings is 4. The summed E-state index contributed by atoms with van der Waals surface area (Å²) in [5, 5.41) is 11.6. The summed E-state index contributed by atoms with van der Waals surface area (Å²) >= 11 is 0. The maximum absolute atomic E-state index is 13.6. The minimum absolute atomic E-state index is 0.0379. The van der Waals surface area contributed by atoms with Crippen molar-refractivity contribution in [1.82, 2.24) is 9.55 Å². The number of nitrogens with zero attached hydrogens (tertiary/aromatic N) is 2. The normalized spacial score (nSPS) is 19.3. The van der Waals surface area contributed by atoms with Crippen molar-refractivity contribution in [3.05, 3.63) is 154 Å². The third kappa shape index (κ3) is 8.44. The molecule has 304 valence electrons. The molecule has 0 unspecified atom stereocenters. The van der Waals surface area contributed by atoms with Crippen molar-refractivity contribution >= 4 is 25.3 Å². The summed E-state index contributed by atoms with van der Waals surface area (Å²) in [6.45, 7) is -0.0956. The molecule has 16 nitrogen and oxygen atoms in total. The second-order valence-corrected chi connectivity index (χ2v) is 14.8. The van der Waals surface area contributed by atoms with Crippen LogP contribution in [0.4, 0.5) is 5.82 Å². The number of nitrogens with one attached hydrogen (secondary N) is 1. The average molecular weight is 816 g/mol. The zero-order valence-corrected chi connectivity index (χ0v) is 32.6. The van der Waals surface area contributed by atoms with E-state index in [1.165, 1.54) is 20.3 Å². The Hall–Kier alpha value is -5.71. The monoisotopic (exact) mass is 815 g/mol. The molecule has 17 heteroatoms. The molecule has 4 N–H and O–H groups in total. The van der Waals surface area contributed by atoms with Gasteiger partial charge in [0.1, 0.15) is 41.7 Å². The van der Waals surface area contributed by atoms with Crippen molar-refractivity contribution in [1.29, 1.82) is 0 Å². The number of carbonyl (C=O) groups is 2. The molecule has 1 saturated heterocycles. The number of aliphatic hydroxyl groups is 1. The molecule has 0 bridgehead atoms. The summed E-state index contributed by atoms with van der Waals surface area (Å²) in [6.07, 6.45) is -4.65. The molecule has 0 saturated carbocycles. The van der Waals surface area contributed by atoms with Gasteiger partial charge in [-0.3, -0.25) is 13.9 Å². The van der Waals surface area contributed by atoms with E-state index in [4.69, 9.17) is 28.4 Å². The van der Waals surface area contributed by atoms with Gasteiger partial charge in [-0.25, -0.2) is 9.59 Å². The fourth-order valence-electron chi connectivity index (χ4n) is 6.75. The number of hydrogen-bond donors (Lipinski definition) is 4. The molecular weight excluding hydrogens is 773 g/mol. The van der Waals surface area contributed by atoms with Crippen molar-refractivity contribution in [3.63, 3.8) is 0 Å². The maximum atomic E-state index is 13.6. The lowest BCUT2D eigenvalue weighted by Gasteiger charge is -2.39. The second kappa shape index (κ2) is 17.8. The van der Waals surface area contributed by atoms with Crippen molar-refractivity contribution in [2.24, 2.45) is 0 Å². The summed E-state index contributed by atoms with van der Waals surface area (Å²) < 4.78 is 48.9. The number of ether oxygens (including phenoxy) is 6. The molecular formula is C41H42N3O13P. The summed E-state index contributed by atoms with van der Waals surface area (Å²) in [6, 6.07) is 32.4. The first-order chi connectivity index (χ1) is 27.8. The lowest BCUT2D eigenvalue weighted by Crippen LogP contribution is -2.52. The molecule has 6 rings (SSSR count). The van der Waals surface area contributed by atoms with Crippen LogP contribution in [0.15, 0.2) is 126 Å². The van der Waals surface area contributed by atoms with Gasteiger partial charge in [-0.05, 0) is 66.1 Å². The number of hydrogen-bond acceptors (Lipinski definition) is 12. The number of rotatable bonds is 16. The van der Waals surface area contributed by atoms with E-state index in [-0.39, 0.29) is 12.4 Å². The Morgan fingerprint density at radius 3 is 1.93 bits per heavy atom. The number of aromatic nitrogens is 2. The first-order valence-electron chi connectivity index (χ1n) is 18.0. The van der Waals surface area contributed by atoms with Gasteiger partial charge in [0.2, 0.25) is 5.34 Å². The third-order valence-corrected chi connectivity index (χ3v) is 11.1. The van der Waals surface area contributed by atoms with Crippen LogP contribution in [-0.2, 0) is 33.9 Å². The van der Waals surface area contributed by atoms with E-state index in [0.717, 1.165) is 10.8 Å². The lowest BCUT2D eigenvalue weighted by atomic mass is 9.80. The summed E-state index contributed by atoms with van der Waals surface area (Å²) in [5.74, 6) is -0.523. The molecule has 1 aliphatic rings. The Morgan fingerprint density at radius 2 is 1.41 bits per heavy atom. The van der Waals surface area contributed by atoms with Gasteiger partial charge in [-0.1, -0.05) is 72.8 Å². The molecule has 0 spiro atoms. The van der Waals surface area contributed by atoms with E-state index in [1.54, 1.807) is 110 Å². The van der Waals surface area contributed by atoms with Crippen molar-refractivity contribution < 1.29 is 57.5 Å². The van der Waals surface area contributed by atoms with Crippen molar-refractivity contribution in [3.8, 4) is 11.5 Å². The van der Waals surface area contributed by atoms with Crippen LogP contribution in [0.25, 0.3) is 0 Å². The Kier molecular flexibility index (Phi) is 12.9. The third-order valence-electron chi connectivity index (χ3n) is 9.61. The van der Waals surface area contributed by atoms with Gasteiger partial charge in [-0.2, -0.15) is 4.98 Å². The first kappa shape index (κ1) is 41.9. The molecule has 0 radical (unpaired) electrons. The van der Waals surface area contributed by atoms with Crippen LogP contribution in [0.5, 0.6) is 11.5 Å². The van der Waals surface area contributed by atoms with Gasteiger partial charge in [0.25, 0.3) is 5.91 Å². The van der Waals surface area contributed by atoms with Gasteiger partial charge in [0.05, 0.1) is 27.4 Å². The first-order valence-corrected chi connectivity index (χ1v) is 19.6. The SMILES string of the molecule is CCOC(=O)CO[C@H]1[C@H](n2ccc(NC(=O)c3ccccc3)nc2=O)O[C@H](COC(c2ccccc2)(c2ccc(OC)cc2)c2ccc(OC)cc2)[C@]1(O)P(=O)(O)O. The molecule has 2 heterocycles. The Morgan fingerprint density at radius 1 is 0.862 bits per heavy atom. The van der Waals surface area contributed by atoms with Crippen molar-refractivity contribution in [2.45, 2.75) is 36.3 Å². The number of anilines is 1. The molecule has 4 aromatic carbocycles. The van der Waals surface area contributed by atoms with Crippen LogP contribution >= 0.6 is 7.60 Å². The van der Waals surface area contributed by atoms with E-state index in [0.29, 0.717) is 33.8 Å². The average Bonchev–Trinajstić information content (AvgIpc) is 3.53. The molecule has 58 heavy (non-hydrogen) atoms. The highest BCUT2D eigenvalue weighted by atomic mass is 31.2. The molecule has 1 aliphatic heterocycles. The van der Waals surface area contributed by atoms with Crippen molar-refractivity contribution in [2.75, 3.05) is 39.4 Å². The molecule has 1 amide bonds. The van der Waals surface area contributed by atoms with Gasteiger partial charge in [0, 0.05) is 11.8 Å². The summed E-state index contributed by atoms with van der Waals surface area (Å²) in [5.41, 5.74) is -0.584. The van der Waals surface area contributed by atoms with E-state index < -0.39 is 67.8 Å². The predicted molar refractivity (Wildman–Crippen MR) is 208 cm³/mol. The van der Waals surface area contributed by atoms with Gasteiger partial charge in [0.15, 0.2) is 6.23 Å². The van der Waals surface area contributed by atoms with Crippen LogP contribution in [0.2, 0.25) is 0 Å². The van der Waals surface area contributed by atoms with E-state index in [1.807, 2.05) is 6.07 Å². The quantitative estimate of drug-likeness (QED) is 0.0624. The van der Waals surface area contributed by atoms with E-state index >= 15 is 0 Å². The molecule has 5 aromatic rings. The van der Waals surface area contributed by atoms with Crippen LogP contribution < -0.4 is 20.5 Å². The van der Waals surface area contributed by atoms with Gasteiger partial charge in [-0.15, -0.1) is 0 Å². The van der Waals surface area contributed by atoms with Crippen LogP contribution in [0.3, 0.4) is 0 Å². The molecule has 4 atom stereocenters. The topological polar surface area (TPSA) is 214 Å². The zero-order chi connectivity index (χ0) is 41.5. The number of amides is 1. The van der Waals surface area contributed by atoms with Crippen LogP contribution in [0, 0.1) is 0 Å². The standard InChI is InChI=1S/C41H42N3O13P/c1-4-54-35(45)26-55-36-38(44-24-23-34(43-39(44)47)42-37(46)27-11-7-5-8-12-27)57-33(41(36,48)58(49,50)51)25-56-40(28-13-9-6-10-14-28,29-15-19-31(52-2)20-16-29)30-17-21-32(53-3)22-18-30/h5-24,33,36,38,48H,4,25-26H2,1-3H3,(H2,49,50,51)(H,42,43,46,47)/t33-,36+,38-,41+/m1/s1. The smallest absolute Gasteiger partial charge is 0.362 e. The highest BCUT2D eigenvalue weighted by Crippen LogP contribution is 2.60. The Labute approximate surface area is 333 Å². The predicted octanol–water partition coefficient (Wildman–Crippen LogP) is 4.23. The van der Waals surface area contributed by atoms with E-state index in [9.17, 15) is 33.8 Å². The fourth-order valence-corrected chi connectivity index (χ4v) is 7.80. The highest BCUT2D eigenvalue weighted by Gasteiger charge is 2.67. The largest absolute Gasteiger partial charge is 0.497 e. The second-order valence-electron chi connectivity index (χ2n) is 13.0. The Bertz CT molecular complexity index is 2240. The number of esters is 1. The summed E-state index contributed by atoms with van der Waals surface area (Å²) in [4.78, 5) is 64.7. The lowest BCUT2D eigenvalue weighted by molar-refractivity contribution is -0.156. The van der Waals surface area contributed by atoms with Crippen LogP contribution in [-0.4, -0.2) is 87.9 Å². The van der Waals surface area contributed by atoms with Gasteiger partial charge >= 0.3 is 19.3 Å². The minimum Gasteiger partial charge on any atom is -0.497 e. The maximum Gasteiger partial charge on any atom is 0.362 e. The van der Waals surface area contributed by atoms with E-state index in [2.05, 4.69) is 10.3 Å². The minimum atomic E-state index is -5.72. The fraction of sp³-hybridized carbons (Fsp3) is 0.268. The highest BCUT2D eigenvalue weighted by molar-refractivity contribution is 7.53. The van der Waals surface area contributed by atoms with Gasteiger partial charge < -0.3 is 48.6 Å². The zero-order valence-electron chi connectivity index (χ0n) is 31.7. The Balaban J connectivity index is 1.44. The summed E-state index contributed by atoms with van der Waals surface area (Å²) in [7, 11) is -2.68. The molecule has 0 aliphatic carbocycles. The number of methoxy groups -OCH3 is 2. The molecule has 1 fully saturated rings.